The van der Waals surface area contributed by atoms with Crippen LogP contribution in [-0.4, -0.2) is 31.2 Å². The Morgan fingerprint density at radius 1 is 1.20 bits per heavy atom. The highest BCUT2D eigenvalue weighted by atomic mass is 32.2. The van der Waals surface area contributed by atoms with Crippen LogP contribution in [0.3, 0.4) is 0 Å². The first-order valence-electron chi connectivity index (χ1n) is 8.63. The van der Waals surface area contributed by atoms with Crippen LogP contribution in [0.5, 0.6) is 0 Å². The van der Waals surface area contributed by atoms with E-state index in [1.54, 1.807) is 0 Å². The molecule has 1 amide bonds. The maximum Gasteiger partial charge on any atom is 0.292 e. The number of aromatic nitrogens is 5. The molecule has 3 heterocycles. The van der Waals surface area contributed by atoms with Crippen molar-refractivity contribution >= 4 is 40.5 Å². The third kappa shape index (κ3) is 4.18. The molecular weight excluding hydrogens is 424 g/mol. The van der Waals surface area contributed by atoms with E-state index in [9.17, 15) is 4.79 Å². The lowest BCUT2D eigenvalue weighted by molar-refractivity contribution is 0.0936. The van der Waals surface area contributed by atoms with E-state index in [4.69, 9.17) is 5.73 Å². The first-order valence-corrected chi connectivity index (χ1v) is 10.5. The number of carbonyl (C=O) groups is 1. The van der Waals surface area contributed by atoms with Crippen LogP contribution in [0.4, 0.5) is 5.82 Å². The maximum absolute atomic E-state index is 12.8. The molecule has 10 nitrogen and oxygen atoms in total. The summed E-state index contributed by atoms with van der Waals surface area (Å²) in [6, 6.07) is 13.5. The first kappa shape index (κ1) is 19.7. The molecule has 0 aliphatic carbocycles. The van der Waals surface area contributed by atoms with Crippen molar-refractivity contribution in [2.45, 2.75) is 10.6 Å². The van der Waals surface area contributed by atoms with E-state index in [0.29, 0.717) is 17.1 Å². The third-order valence-electron chi connectivity index (χ3n) is 3.94. The molecule has 0 aliphatic rings. The van der Waals surface area contributed by atoms with Crippen LogP contribution in [0.15, 0.2) is 63.9 Å². The molecule has 30 heavy (non-hydrogen) atoms. The van der Waals surface area contributed by atoms with Gasteiger partial charge in [0.25, 0.3) is 5.91 Å². The van der Waals surface area contributed by atoms with Crippen LogP contribution in [0, 0.1) is 0 Å². The average Bonchev–Trinajstić information content (AvgIpc) is 3.51. The highest BCUT2D eigenvalue weighted by Crippen LogP contribution is 2.26. The number of hydrogen-bond acceptors (Lipinski definition) is 10. The lowest BCUT2D eigenvalue weighted by atomic mass is 10.3. The lowest BCUT2D eigenvalue weighted by Crippen LogP contribution is -2.36. The molecule has 0 saturated heterocycles. The van der Waals surface area contributed by atoms with Gasteiger partial charge in [-0.2, -0.15) is 4.68 Å². The van der Waals surface area contributed by atoms with Crippen LogP contribution < -0.4 is 16.6 Å². The number of benzene rings is 1. The normalized spacial score (nSPS) is 10.7. The minimum absolute atomic E-state index is 0.0435. The van der Waals surface area contributed by atoms with Gasteiger partial charge in [0.1, 0.15) is 0 Å². The molecule has 0 atom stereocenters. The summed E-state index contributed by atoms with van der Waals surface area (Å²) in [4.78, 5) is 14.7. The summed E-state index contributed by atoms with van der Waals surface area (Å²) in [7, 11) is 0. The summed E-state index contributed by atoms with van der Waals surface area (Å²) in [6.45, 7) is 3.91. The second kappa shape index (κ2) is 8.80. The predicted octanol–water partition coefficient (Wildman–Crippen LogP) is 2.49. The molecule has 4 aromatic rings. The topological polar surface area (TPSA) is 137 Å². The summed E-state index contributed by atoms with van der Waals surface area (Å²) in [6.07, 6.45) is 0. The fourth-order valence-electron chi connectivity index (χ4n) is 2.49. The van der Waals surface area contributed by atoms with Gasteiger partial charge in [-0.1, -0.05) is 36.1 Å². The smallest absolute Gasteiger partial charge is 0.292 e. The number of nitrogens with one attached hydrogen (secondary N) is 2. The van der Waals surface area contributed by atoms with Gasteiger partial charge in [-0.25, -0.2) is 4.63 Å². The van der Waals surface area contributed by atoms with Crippen molar-refractivity contribution in [2.24, 2.45) is 0 Å². The van der Waals surface area contributed by atoms with E-state index in [0.717, 1.165) is 9.77 Å². The molecule has 1 aromatic carbocycles. The van der Waals surface area contributed by atoms with Crippen molar-refractivity contribution in [1.29, 1.82) is 0 Å². The molecule has 3 aromatic heterocycles. The largest absolute Gasteiger partial charge is 0.378 e. The summed E-state index contributed by atoms with van der Waals surface area (Å²) < 4.78 is 6.02. The van der Waals surface area contributed by atoms with Gasteiger partial charge in [-0.15, -0.1) is 28.2 Å². The van der Waals surface area contributed by atoms with E-state index in [1.165, 1.54) is 27.8 Å². The Morgan fingerprint density at radius 2 is 2.03 bits per heavy atom. The Hall–Kier alpha value is -3.64. The van der Waals surface area contributed by atoms with Crippen molar-refractivity contribution < 1.29 is 9.42 Å². The maximum atomic E-state index is 12.8. The van der Waals surface area contributed by atoms with E-state index < -0.39 is 5.91 Å². The average molecular weight is 441 g/mol. The number of amides is 1. The zero-order valence-electron chi connectivity index (χ0n) is 15.5. The molecule has 4 N–H and O–H groups in total. The number of rotatable bonds is 8. The Labute approximate surface area is 179 Å². The number of nitrogens with zero attached hydrogens (tertiary/aromatic N) is 5. The zero-order chi connectivity index (χ0) is 20.9. The molecule has 152 valence electrons. The van der Waals surface area contributed by atoms with Crippen LogP contribution in [-0.2, 0) is 5.75 Å². The van der Waals surface area contributed by atoms with Crippen LogP contribution in [0.1, 0.15) is 21.1 Å². The van der Waals surface area contributed by atoms with Crippen molar-refractivity contribution in [3.05, 3.63) is 70.7 Å². The molecule has 0 spiro atoms. The molecule has 0 bridgehead atoms. The monoisotopic (exact) mass is 440 g/mol. The Kier molecular flexibility index (Phi) is 5.77. The standard InChI is InChI=1S/C18H16N8O2S2/c1-11(14-8-5-9-29-14)20-22-18(27)15-13(10-30-12-6-3-2-4-7-12)26(25-21-15)17-16(19)23-28-24-17/h2-9,20H,1,10H2,(H2,19,23)(H,22,27). The molecule has 0 saturated carbocycles. The number of hydrazine groups is 1. The van der Waals surface area contributed by atoms with Gasteiger partial charge in [0.2, 0.25) is 11.6 Å². The molecule has 0 fully saturated rings. The van der Waals surface area contributed by atoms with Gasteiger partial charge in [0.05, 0.1) is 16.3 Å². The van der Waals surface area contributed by atoms with Gasteiger partial charge in [0.15, 0.2) is 5.69 Å². The fourth-order valence-corrected chi connectivity index (χ4v) is 4.05. The second-order valence-electron chi connectivity index (χ2n) is 5.91. The van der Waals surface area contributed by atoms with Gasteiger partial charge < -0.3 is 5.73 Å². The molecular formula is C18H16N8O2S2. The van der Waals surface area contributed by atoms with Crippen LogP contribution >= 0.6 is 23.1 Å². The molecule has 12 heteroatoms. The molecule has 0 aliphatic heterocycles. The highest BCUT2D eigenvalue weighted by molar-refractivity contribution is 7.98. The zero-order valence-corrected chi connectivity index (χ0v) is 17.1. The number of thiophene rings is 1. The number of thioether (sulfide) groups is 1. The summed E-state index contributed by atoms with van der Waals surface area (Å²) >= 11 is 3.02. The molecule has 0 radical (unpaired) electrons. The van der Waals surface area contributed by atoms with Gasteiger partial charge >= 0.3 is 0 Å². The number of hydrogen-bond donors (Lipinski definition) is 3. The summed E-state index contributed by atoms with van der Waals surface area (Å²) in [5.74, 6) is 0.124. The van der Waals surface area contributed by atoms with Crippen molar-refractivity contribution in [3.63, 3.8) is 0 Å². The second-order valence-corrected chi connectivity index (χ2v) is 7.90. The number of anilines is 1. The van der Waals surface area contributed by atoms with Gasteiger partial charge in [-0.05, 0) is 33.9 Å². The minimum Gasteiger partial charge on any atom is -0.378 e. The Balaban J connectivity index is 1.57. The first-order chi connectivity index (χ1) is 14.6. The van der Waals surface area contributed by atoms with Crippen molar-refractivity contribution in [1.82, 2.24) is 36.2 Å². The highest BCUT2D eigenvalue weighted by Gasteiger charge is 2.24. The van der Waals surface area contributed by atoms with Crippen LogP contribution in [0.2, 0.25) is 0 Å². The Morgan fingerprint density at radius 3 is 2.73 bits per heavy atom. The van der Waals surface area contributed by atoms with E-state index >= 15 is 0 Å². The van der Waals surface area contributed by atoms with E-state index in [-0.39, 0.29) is 17.3 Å². The number of nitrogens with two attached hydrogens (primary N) is 1. The number of nitrogen functional groups attached to an aromatic ring is 1. The van der Waals surface area contributed by atoms with Gasteiger partial charge in [-0.3, -0.25) is 15.6 Å². The van der Waals surface area contributed by atoms with E-state index in [2.05, 4.69) is 42.7 Å². The molecule has 4 rings (SSSR count). The quantitative estimate of drug-likeness (QED) is 0.279. The van der Waals surface area contributed by atoms with Crippen molar-refractivity contribution in [3.8, 4) is 5.82 Å². The van der Waals surface area contributed by atoms with Crippen LogP contribution in [0.25, 0.3) is 11.5 Å². The number of carbonyl (C=O) groups excluding carboxylic acids is 1. The predicted molar refractivity (Wildman–Crippen MR) is 114 cm³/mol. The summed E-state index contributed by atoms with van der Waals surface area (Å²) in [5.41, 5.74) is 12.4. The third-order valence-corrected chi connectivity index (χ3v) is 5.89. The van der Waals surface area contributed by atoms with E-state index in [1.807, 2.05) is 47.8 Å². The minimum atomic E-state index is -0.474. The van der Waals surface area contributed by atoms with Crippen molar-refractivity contribution in [2.75, 3.05) is 5.73 Å². The lowest BCUT2D eigenvalue weighted by Gasteiger charge is -2.10. The fraction of sp³-hybridized carbons (Fsp3) is 0.0556. The van der Waals surface area contributed by atoms with Gasteiger partial charge in [0, 0.05) is 10.6 Å². The summed E-state index contributed by atoms with van der Waals surface area (Å²) in [5, 5.41) is 17.3. The molecule has 0 unspecified atom stereocenters. The SMILES string of the molecule is C=C(NNC(=O)c1nnn(-c2nonc2N)c1CSc1ccccc1)c1cccs1. The Bertz CT molecular complexity index is 1150.